The Morgan fingerprint density at radius 3 is 2.35 bits per heavy atom. The molecule has 1 fully saturated rings. The quantitative estimate of drug-likeness (QED) is 0.892. The van der Waals surface area contributed by atoms with Crippen molar-refractivity contribution in [2.24, 2.45) is 0 Å². The highest BCUT2D eigenvalue weighted by molar-refractivity contribution is 6.30. The van der Waals surface area contributed by atoms with Gasteiger partial charge in [0.2, 0.25) is 0 Å². The number of nitrogens with zero attached hydrogens (tertiary/aromatic N) is 1. The highest BCUT2D eigenvalue weighted by atomic mass is 35.5. The number of hydrogen-bond donors (Lipinski definition) is 1. The molecule has 0 spiro atoms. The first-order valence-electron chi connectivity index (χ1n) is 6.36. The van der Waals surface area contributed by atoms with Crippen molar-refractivity contribution in [2.45, 2.75) is 38.2 Å². The average Bonchev–Trinajstić information content (AvgIpc) is 2.31. The summed E-state index contributed by atoms with van der Waals surface area (Å²) in [5, 5.41) is 11.1. The molecular weight excluding hydrogens is 234 g/mol. The Balaban J connectivity index is 1.97. The minimum Gasteiger partial charge on any atom is -0.390 e. The molecule has 1 saturated heterocycles. The summed E-state index contributed by atoms with van der Waals surface area (Å²) in [7, 11) is 0. The van der Waals surface area contributed by atoms with Gasteiger partial charge in [-0.3, -0.25) is 0 Å². The van der Waals surface area contributed by atoms with Gasteiger partial charge in [-0.05, 0) is 43.5 Å². The Bertz CT molecular complexity index is 355. The minimum atomic E-state index is -0.433. The van der Waals surface area contributed by atoms with Crippen LogP contribution in [0.2, 0.25) is 5.02 Å². The number of piperidine rings is 1. The zero-order valence-electron chi connectivity index (χ0n) is 10.3. The lowest BCUT2D eigenvalue weighted by Crippen LogP contribution is -2.44. The van der Waals surface area contributed by atoms with Crippen LogP contribution in [0.25, 0.3) is 0 Å². The van der Waals surface area contributed by atoms with Crippen molar-refractivity contribution in [1.82, 2.24) is 0 Å². The molecule has 0 radical (unpaired) electrons. The molecule has 3 heteroatoms. The Morgan fingerprint density at radius 2 is 1.82 bits per heavy atom. The van der Waals surface area contributed by atoms with Crippen LogP contribution in [0, 0.1) is 0 Å². The van der Waals surface area contributed by atoms with Crippen molar-refractivity contribution in [3.05, 3.63) is 29.3 Å². The minimum absolute atomic E-state index is 0.433. The van der Waals surface area contributed by atoms with Crippen LogP contribution in [0.4, 0.5) is 5.69 Å². The molecule has 0 saturated carbocycles. The highest BCUT2D eigenvalue weighted by Gasteiger charge is 2.31. The fourth-order valence-corrected chi connectivity index (χ4v) is 2.67. The third-order valence-corrected chi connectivity index (χ3v) is 3.85. The summed E-state index contributed by atoms with van der Waals surface area (Å²) in [6, 6.07) is 7.94. The first kappa shape index (κ1) is 12.7. The lowest BCUT2D eigenvalue weighted by Gasteiger charge is -2.39. The Labute approximate surface area is 108 Å². The van der Waals surface area contributed by atoms with Crippen LogP contribution in [-0.4, -0.2) is 23.8 Å². The third-order valence-electron chi connectivity index (χ3n) is 3.60. The summed E-state index contributed by atoms with van der Waals surface area (Å²) in [5.41, 5.74) is 0.769. The van der Waals surface area contributed by atoms with Crippen LogP contribution in [0.1, 0.15) is 32.6 Å². The van der Waals surface area contributed by atoms with E-state index < -0.39 is 5.60 Å². The third kappa shape index (κ3) is 3.14. The van der Waals surface area contributed by atoms with Crippen LogP contribution in [0.5, 0.6) is 0 Å². The first-order chi connectivity index (χ1) is 8.13. The predicted octanol–water partition coefficient (Wildman–Crippen LogP) is 3.47. The molecule has 1 aliphatic rings. The molecule has 0 unspecified atom stereocenters. The van der Waals surface area contributed by atoms with E-state index in [1.54, 1.807) is 0 Å². The smallest absolute Gasteiger partial charge is 0.0681 e. The van der Waals surface area contributed by atoms with Gasteiger partial charge in [0.25, 0.3) is 0 Å². The topological polar surface area (TPSA) is 23.5 Å². The molecule has 1 N–H and O–H groups in total. The zero-order valence-corrected chi connectivity index (χ0v) is 11.1. The van der Waals surface area contributed by atoms with Crippen molar-refractivity contribution in [3.8, 4) is 0 Å². The Morgan fingerprint density at radius 1 is 1.24 bits per heavy atom. The van der Waals surface area contributed by atoms with E-state index in [2.05, 4.69) is 11.8 Å². The maximum Gasteiger partial charge on any atom is 0.0681 e. The fraction of sp³-hybridized carbons (Fsp3) is 0.571. The van der Waals surface area contributed by atoms with Gasteiger partial charge in [0.05, 0.1) is 5.60 Å². The van der Waals surface area contributed by atoms with Crippen LogP contribution >= 0.6 is 11.6 Å². The van der Waals surface area contributed by atoms with Gasteiger partial charge in [-0.1, -0.05) is 24.9 Å². The molecule has 0 atom stereocenters. The largest absolute Gasteiger partial charge is 0.390 e. The average molecular weight is 254 g/mol. The second-order valence-electron chi connectivity index (χ2n) is 4.94. The Hall–Kier alpha value is -0.730. The number of aliphatic hydroxyl groups is 1. The maximum absolute atomic E-state index is 10.3. The summed E-state index contributed by atoms with van der Waals surface area (Å²) in [4.78, 5) is 2.32. The summed E-state index contributed by atoms with van der Waals surface area (Å²) in [6.07, 6.45) is 3.70. The number of halogens is 1. The van der Waals surface area contributed by atoms with E-state index in [9.17, 15) is 5.11 Å². The van der Waals surface area contributed by atoms with E-state index in [-0.39, 0.29) is 0 Å². The standard InChI is InChI=1S/C14H20ClNO/c1-2-7-14(17)8-10-16(11-9-14)13-5-3-12(15)4-6-13/h3-6,17H,2,7-11H2,1H3. The molecule has 1 aromatic carbocycles. The summed E-state index contributed by atoms with van der Waals surface area (Å²) >= 11 is 5.88. The van der Waals surface area contributed by atoms with Crippen molar-refractivity contribution in [3.63, 3.8) is 0 Å². The lowest BCUT2D eigenvalue weighted by atomic mass is 9.87. The maximum atomic E-state index is 10.3. The van der Waals surface area contributed by atoms with E-state index in [1.807, 2.05) is 24.3 Å². The van der Waals surface area contributed by atoms with E-state index in [1.165, 1.54) is 5.69 Å². The second-order valence-corrected chi connectivity index (χ2v) is 5.37. The van der Waals surface area contributed by atoms with Gasteiger partial charge >= 0.3 is 0 Å². The van der Waals surface area contributed by atoms with Gasteiger partial charge in [-0.2, -0.15) is 0 Å². The van der Waals surface area contributed by atoms with Gasteiger partial charge in [-0.15, -0.1) is 0 Å². The van der Waals surface area contributed by atoms with Gasteiger partial charge in [0, 0.05) is 23.8 Å². The molecule has 17 heavy (non-hydrogen) atoms. The molecule has 94 valence electrons. The molecular formula is C14H20ClNO. The van der Waals surface area contributed by atoms with E-state index in [0.717, 1.165) is 43.8 Å². The molecule has 1 aromatic rings. The monoisotopic (exact) mass is 253 g/mol. The van der Waals surface area contributed by atoms with E-state index in [0.29, 0.717) is 0 Å². The van der Waals surface area contributed by atoms with Crippen LogP contribution in [0.3, 0.4) is 0 Å². The summed E-state index contributed by atoms with van der Waals surface area (Å²) in [5.74, 6) is 0. The molecule has 0 aliphatic carbocycles. The van der Waals surface area contributed by atoms with E-state index in [4.69, 9.17) is 11.6 Å². The van der Waals surface area contributed by atoms with Gasteiger partial charge in [0.1, 0.15) is 0 Å². The van der Waals surface area contributed by atoms with E-state index >= 15 is 0 Å². The lowest BCUT2D eigenvalue weighted by molar-refractivity contribution is 0.00740. The van der Waals surface area contributed by atoms with Crippen molar-refractivity contribution >= 4 is 17.3 Å². The van der Waals surface area contributed by atoms with Crippen molar-refractivity contribution in [2.75, 3.05) is 18.0 Å². The molecule has 1 heterocycles. The van der Waals surface area contributed by atoms with Gasteiger partial charge < -0.3 is 10.0 Å². The van der Waals surface area contributed by atoms with Gasteiger partial charge in [0.15, 0.2) is 0 Å². The molecule has 0 aromatic heterocycles. The SMILES string of the molecule is CCCC1(O)CCN(c2ccc(Cl)cc2)CC1. The second kappa shape index (κ2) is 5.28. The number of anilines is 1. The number of hydrogen-bond acceptors (Lipinski definition) is 2. The number of benzene rings is 1. The zero-order chi connectivity index (χ0) is 12.3. The molecule has 2 rings (SSSR count). The van der Waals surface area contributed by atoms with Crippen LogP contribution in [0.15, 0.2) is 24.3 Å². The predicted molar refractivity (Wildman–Crippen MR) is 72.8 cm³/mol. The Kier molecular flexibility index (Phi) is 3.95. The van der Waals surface area contributed by atoms with Crippen molar-refractivity contribution in [1.29, 1.82) is 0 Å². The molecule has 2 nitrogen and oxygen atoms in total. The molecule has 0 bridgehead atoms. The normalized spacial score (nSPS) is 19.4. The van der Waals surface area contributed by atoms with Crippen LogP contribution in [-0.2, 0) is 0 Å². The number of rotatable bonds is 3. The fourth-order valence-electron chi connectivity index (χ4n) is 2.55. The first-order valence-corrected chi connectivity index (χ1v) is 6.74. The highest BCUT2D eigenvalue weighted by Crippen LogP contribution is 2.29. The van der Waals surface area contributed by atoms with Crippen molar-refractivity contribution < 1.29 is 5.11 Å². The summed E-state index contributed by atoms with van der Waals surface area (Å²) in [6.45, 7) is 3.99. The van der Waals surface area contributed by atoms with Gasteiger partial charge in [-0.25, -0.2) is 0 Å². The van der Waals surface area contributed by atoms with Crippen LogP contribution < -0.4 is 4.90 Å². The molecule has 0 amide bonds. The summed E-state index contributed by atoms with van der Waals surface area (Å²) < 4.78 is 0. The molecule has 1 aliphatic heterocycles.